The van der Waals surface area contributed by atoms with Crippen LogP contribution in [-0.4, -0.2) is 55.8 Å². The third-order valence-electron chi connectivity index (χ3n) is 7.18. The predicted octanol–water partition coefficient (Wildman–Crippen LogP) is 3.35. The van der Waals surface area contributed by atoms with Crippen LogP contribution in [0.2, 0.25) is 0 Å². The van der Waals surface area contributed by atoms with Gasteiger partial charge in [0.05, 0.1) is 4.90 Å². The first-order chi connectivity index (χ1) is 18.3. The normalized spacial score (nSPS) is 16.5. The highest BCUT2D eigenvalue weighted by molar-refractivity contribution is 7.89. The number of guanidine groups is 1. The number of sulfonamides is 1. The Balaban J connectivity index is 0.00000353. The van der Waals surface area contributed by atoms with Crippen molar-refractivity contribution >= 4 is 56.0 Å². The summed E-state index contributed by atoms with van der Waals surface area (Å²) < 4.78 is 30.0. The van der Waals surface area contributed by atoms with E-state index in [-0.39, 0.29) is 41.5 Å². The monoisotopic (exact) mass is 568 g/mol. The number of nitrogens with zero attached hydrogens (tertiary/aromatic N) is 1. The molecule has 2 atom stereocenters. The molecule has 1 aliphatic rings. The zero-order valence-corrected chi connectivity index (χ0v) is 23.0. The molecule has 1 saturated heterocycles. The van der Waals surface area contributed by atoms with E-state index in [1.165, 1.54) is 0 Å². The molecule has 1 unspecified atom stereocenters. The van der Waals surface area contributed by atoms with Gasteiger partial charge in [-0.05, 0) is 48.3 Å². The van der Waals surface area contributed by atoms with Gasteiger partial charge in [-0.25, -0.2) is 8.42 Å². The molecule has 9 nitrogen and oxygen atoms in total. The molecule has 1 aromatic heterocycles. The second-order valence-electron chi connectivity index (χ2n) is 9.80. The van der Waals surface area contributed by atoms with Crippen molar-refractivity contribution in [1.29, 1.82) is 5.41 Å². The molecule has 2 heterocycles. The number of aromatic amines is 1. The van der Waals surface area contributed by atoms with E-state index in [9.17, 15) is 13.2 Å². The molecule has 1 amide bonds. The Kier molecular flexibility index (Phi) is 8.79. The van der Waals surface area contributed by atoms with Crippen LogP contribution in [0.3, 0.4) is 0 Å². The maximum absolute atomic E-state index is 13.6. The lowest BCUT2D eigenvalue weighted by Gasteiger charge is -2.33. The first-order valence-corrected chi connectivity index (χ1v) is 14.2. The van der Waals surface area contributed by atoms with Crippen molar-refractivity contribution in [3.05, 3.63) is 78.5 Å². The van der Waals surface area contributed by atoms with Gasteiger partial charge in [-0.1, -0.05) is 54.6 Å². The number of para-hydroxylation sites is 1. The number of piperidine rings is 1. The summed E-state index contributed by atoms with van der Waals surface area (Å²) in [6.07, 6.45) is 3.79. The largest absolute Gasteiger partial charge is 0.370 e. The van der Waals surface area contributed by atoms with Gasteiger partial charge in [-0.2, -0.15) is 4.72 Å². The number of hydrogen-bond acceptors (Lipinski definition) is 4. The third-order valence-corrected chi connectivity index (χ3v) is 8.71. The number of hydrogen-bond donors (Lipinski definition) is 5. The van der Waals surface area contributed by atoms with Crippen LogP contribution in [0.1, 0.15) is 18.4 Å². The molecule has 0 radical (unpaired) electrons. The van der Waals surface area contributed by atoms with Gasteiger partial charge in [0.25, 0.3) is 0 Å². The number of carbonyl (C=O) groups is 1. The highest BCUT2D eigenvalue weighted by atomic mass is 35.5. The van der Waals surface area contributed by atoms with Gasteiger partial charge in [0.2, 0.25) is 15.9 Å². The number of halogens is 1. The van der Waals surface area contributed by atoms with E-state index in [2.05, 4.69) is 15.0 Å². The van der Waals surface area contributed by atoms with Crippen molar-refractivity contribution in [2.45, 2.75) is 30.2 Å². The van der Waals surface area contributed by atoms with Crippen LogP contribution in [0, 0.1) is 11.3 Å². The van der Waals surface area contributed by atoms with Gasteiger partial charge >= 0.3 is 0 Å². The van der Waals surface area contributed by atoms with Crippen molar-refractivity contribution in [2.75, 3.05) is 19.6 Å². The minimum Gasteiger partial charge on any atom is -0.370 e. The Labute approximate surface area is 234 Å². The second kappa shape index (κ2) is 12.1. The van der Waals surface area contributed by atoms with Gasteiger partial charge in [-0.3, -0.25) is 10.2 Å². The zero-order valence-electron chi connectivity index (χ0n) is 21.4. The minimum absolute atomic E-state index is 0. The Hall–Kier alpha value is -3.60. The summed E-state index contributed by atoms with van der Waals surface area (Å²) in [6.45, 7) is 1.70. The van der Waals surface area contributed by atoms with Crippen LogP contribution in [-0.2, 0) is 21.2 Å². The molecule has 3 aromatic carbocycles. The Morgan fingerprint density at radius 2 is 1.79 bits per heavy atom. The molecule has 0 saturated carbocycles. The Bertz CT molecular complexity index is 1580. The molecule has 6 N–H and O–H groups in total. The summed E-state index contributed by atoms with van der Waals surface area (Å²) in [4.78, 5) is 18.6. The number of carbonyl (C=O) groups excluding carboxylic acids is 1. The van der Waals surface area contributed by atoms with Gasteiger partial charge in [0, 0.05) is 42.1 Å². The van der Waals surface area contributed by atoms with Crippen molar-refractivity contribution in [3.63, 3.8) is 0 Å². The summed E-state index contributed by atoms with van der Waals surface area (Å²) in [5.74, 6) is -0.236. The van der Waals surface area contributed by atoms with Crippen molar-refractivity contribution in [3.8, 4) is 0 Å². The fraction of sp³-hybridized carbons (Fsp3) is 0.286. The van der Waals surface area contributed by atoms with Gasteiger partial charge in [0.15, 0.2) is 5.96 Å². The average molecular weight is 569 g/mol. The lowest BCUT2D eigenvalue weighted by Crippen LogP contribution is -2.51. The Morgan fingerprint density at radius 1 is 1.08 bits per heavy atom. The quantitative estimate of drug-likeness (QED) is 0.163. The van der Waals surface area contributed by atoms with Gasteiger partial charge < -0.3 is 20.9 Å². The standard InChI is InChI=1S/C28H32N6O3S.ClH/c29-28(30)34-14-6-7-19(18-34)16-32-27(35)25(15-21-17-31-24-12-4-3-10-22(21)24)33-38(36,37)26-13-5-9-20-8-1-2-11-23(20)26;/h1-5,8-13,17,19,25,31,33H,6-7,14-16,18H2,(H3,29,30)(H,32,35);1H/t19?,25-;/m1./s1. The van der Waals surface area contributed by atoms with Crippen LogP contribution >= 0.6 is 12.4 Å². The highest BCUT2D eigenvalue weighted by Gasteiger charge is 2.29. The van der Waals surface area contributed by atoms with E-state index in [0.29, 0.717) is 18.5 Å². The molecule has 206 valence electrons. The van der Waals surface area contributed by atoms with Crippen LogP contribution in [0.5, 0.6) is 0 Å². The van der Waals surface area contributed by atoms with E-state index < -0.39 is 16.1 Å². The smallest absolute Gasteiger partial charge is 0.241 e. The molecular formula is C28H33ClN6O3S. The molecule has 4 aromatic rings. The molecule has 11 heteroatoms. The lowest BCUT2D eigenvalue weighted by molar-refractivity contribution is -0.122. The maximum atomic E-state index is 13.6. The molecule has 5 rings (SSSR count). The van der Waals surface area contributed by atoms with E-state index in [1.54, 1.807) is 29.2 Å². The zero-order chi connectivity index (χ0) is 26.7. The second-order valence-corrected chi connectivity index (χ2v) is 11.5. The average Bonchev–Trinajstić information content (AvgIpc) is 3.33. The number of aromatic nitrogens is 1. The van der Waals surface area contributed by atoms with Crippen molar-refractivity contribution < 1.29 is 13.2 Å². The lowest BCUT2D eigenvalue weighted by atomic mass is 9.98. The van der Waals surface area contributed by atoms with Gasteiger partial charge in [-0.15, -0.1) is 12.4 Å². The molecule has 0 bridgehead atoms. The number of likely N-dealkylation sites (tertiary alicyclic amines) is 1. The van der Waals surface area contributed by atoms with Crippen LogP contribution in [0.15, 0.2) is 77.8 Å². The summed E-state index contributed by atoms with van der Waals surface area (Å²) in [6, 6.07) is 19.1. The predicted molar refractivity (Wildman–Crippen MR) is 157 cm³/mol. The van der Waals surface area contributed by atoms with Crippen molar-refractivity contribution in [2.24, 2.45) is 11.7 Å². The number of benzene rings is 3. The molecule has 1 aliphatic heterocycles. The van der Waals surface area contributed by atoms with Crippen LogP contribution in [0.25, 0.3) is 21.7 Å². The van der Waals surface area contributed by atoms with E-state index in [1.807, 2.05) is 48.7 Å². The summed E-state index contributed by atoms with van der Waals surface area (Å²) >= 11 is 0. The Morgan fingerprint density at radius 3 is 2.59 bits per heavy atom. The van der Waals surface area contributed by atoms with Crippen LogP contribution < -0.4 is 15.8 Å². The van der Waals surface area contributed by atoms with E-state index in [4.69, 9.17) is 11.1 Å². The van der Waals surface area contributed by atoms with Crippen LogP contribution in [0.4, 0.5) is 0 Å². The molecule has 1 fully saturated rings. The van der Waals surface area contributed by atoms with E-state index >= 15 is 0 Å². The first kappa shape index (κ1) is 28.4. The summed E-state index contributed by atoms with van der Waals surface area (Å²) in [7, 11) is -4.02. The fourth-order valence-corrected chi connectivity index (χ4v) is 6.63. The minimum atomic E-state index is -4.02. The number of fused-ring (bicyclic) bond motifs is 2. The topological polar surface area (TPSA) is 144 Å². The van der Waals surface area contributed by atoms with E-state index in [0.717, 1.165) is 41.2 Å². The number of H-pyrrole nitrogens is 1. The summed E-state index contributed by atoms with van der Waals surface area (Å²) in [5.41, 5.74) is 7.43. The number of nitrogens with one attached hydrogen (secondary N) is 4. The SMILES string of the molecule is Cl.N=C(N)N1CCCC(CNC(=O)[C@@H](Cc2c[nH]c3ccccc23)NS(=O)(=O)c2cccc3ccccc23)C1. The van der Waals surface area contributed by atoms with Gasteiger partial charge in [0.1, 0.15) is 6.04 Å². The molecule has 0 aliphatic carbocycles. The third kappa shape index (κ3) is 6.35. The first-order valence-electron chi connectivity index (χ1n) is 12.7. The number of rotatable bonds is 8. The molecule has 0 spiro atoms. The number of nitrogens with two attached hydrogens (primary N) is 1. The maximum Gasteiger partial charge on any atom is 0.241 e. The van der Waals surface area contributed by atoms with Crippen molar-refractivity contribution in [1.82, 2.24) is 19.9 Å². The fourth-order valence-electron chi connectivity index (χ4n) is 5.21. The molecular weight excluding hydrogens is 536 g/mol. The molecule has 39 heavy (non-hydrogen) atoms. The summed E-state index contributed by atoms with van der Waals surface area (Å²) in [5, 5.41) is 13.0. The highest BCUT2D eigenvalue weighted by Crippen LogP contribution is 2.24. The number of amides is 1.